The fraction of sp³-hybridized carbons (Fsp3) is 0.455. The van der Waals surface area contributed by atoms with Gasteiger partial charge in [-0.3, -0.25) is 25.2 Å². The number of hydrogen-bond donors (Lipinski definition) is 2. The van der Waals surface area contributed by atoms with Crippen LogP contribution in [0.25, 0.3) is 0 Å². The topological polar surface area (TPSA) is 90.9 Å². The molecule has 7 nitrogen and oxygen atoms in total. The van der Waals surface area contributed by atoms with Crippen molar-refractivity contribution in [1.29, 1.82) is 0 Å². The van der Waals surface area contributed by atoms with Gasteiger partial charge in [-0.1, -0.05) is 56.4 Å². The predicted molar refractivity (Wildman–Crippen MR) is 115 cm³/mol. The molecule has 2 rings (SSSR count). The molecule has 1 fully saturated rings. The molecular formula is C22H30N4O3. The lowest BCUT2D eigenvalue weighted by Crippen LogP contribution is -2.47. The Hall–Kier alpha value is -2.80. The van der Waals surface area contributed by atoms with Gasteiger partial charge in [0.05, 0.1) is 11.9 Å². The van der Waals surface area contributed by atoms with Gasteiger partial charge in [-0.05, 0) is 31.3 Å². The summed E-state index contributed by atoms with van der Waals surface area (Å²) in [6.45, 7) is 6.39. The van der Waals surface area contributed by atoms with E-state index in [2.05, 4.69) is 15.6 Å². The van der Waals surface area contributed by atoms with Crippen molar-refractivity contribution in [3.8, 4) is 0 Å². The van der Waals surface area contributed by atoms with Gasteiger partial charge in [0.2, 0.25) is 0 Å². The van der Waals surface area contributed by atoms with Gasteiger partial charge in [-0.25, -0.2) is 4.79 Å². The molecule has 1 aliphatic carbocycles. The number of hydrogen-bond acceptors (Lipinski definition) is 5. The maximum absolute atomic E-state index is 12.3. The van der Waals surface area contributed by atoms with Gasteiger partial charge in [-0.2, -0.15) is 0 Å². The van der Waals surface area contributed by atoms with E-state index in [-0.39, 0.29) is 24.0 Å². The molecule has 1 aliphatic heterocycles. The Kier molecular flexibility index (Phi) is 7.84. The van der Waals surface area contributed by atoms with E-state index in [0.29, 0.717) is 25.1 Å². The van der Waals surface area contributed by atoms with Crippen LogP contribution < -0.4 is 10.6 Å². The van der Waals surface area contributed by atoms with Gasteiger partial charge in [0.15, 0.2) is 6.29 Å². The molecular weight excluding hydrogens is 368 g/mol. The third-order valence-electron chi connectivity index (χ3n) is 5.13. The number of aldehydes is 1. The van der Waals surface area contributed by atoms with Crippen LogP contribution in [0.3, 0.4) is 0 Å². The summed E-state index contributed by atoms with van der Waals surface area (Å²) in [5.41, 5.74) is 0.674. The number of rotatable bonds is 7. The summed E-state index contributed by atoms with van der Waals surface area (Å²) in [4.78, 5) is 41.1. The van der Waals surface area contributed by atoms with E-state index in [9.17, 15) is 14.4 Å². The number of aliphatic imine (C=N–C) groups is 1. The molecule has 0 aromatic heterocycles. The first-order valence-electron chi connectivity index (χ1n) is 9.85. The van der Waals surface area contributed by atoms with Crippen molar-refractivity contribution in [3.63, 3.8) is 0 Å². The Labute approximate surface area is 172 Å². The second kappa shape index (κ2) is 10.1. The SMILES string of the molecule is CC(C)/C(C=O)=N/[C@H](C)NC/C=C/C1=C/C=C/C[C@]2(C\C=C\1)C(=O)NC(=O)N2C. The Morgan fingerprint density at radius 1 is 1.31 bits per heavy atom. The zero-order valence-electron chi connectivity index (χ0n) is 17.5. The molecule has 2 aliphatic rings. The lowest BCUT2D eigenvalue weighted by atomic mass is 9.89. The molecule has 156 valence electrons. The number of urea groups is 1. The van der Waals surface area contributed by atoms with Crippen molar-refractivity contribution >= 4 is 23.9 Å². The van der Waals surface area contributed by atoms with Gasteiger partial charge < -0.3 is 4.90 Å². The van der Waals surface area contributed by atoms with E-state index >= 15 is 0 Å². The Morgan fingerprint density at radius 3 is 2.66 bits per heavy atom. The summed E-state index contributed by atoms with van der Waals surface area (Å²) in [5, 5.41) is 5.63. The number of allylic oxidation sites excluding steroid dienone is 5. The highest BCUT2D eigenvalue weighted by Gasteiger charge is 2.49. The number of nitrogens with one attached hydrogen (secondary N) is 2. The van der Waals surface area contributed by atoms with Crippen molar-refractivity contribution in [2.45, 2.75) is 45.3 Å². The molecule has 1 spiro atoms. The van der Waals surface area contributed by atoms with Crippen LogP contribution in [-0.4, -0.2) is 54.1 Å². The van der Waals surface area contributed by atoms with E-state index < -0.39 is 5.54 Å². The van der Waals surface area contributed by atoms with Crippen LogP contribution in [-0.2, 0) is 9.59 Å². The van der Waals surface area contributed by atoms with Gasteiger partial charge in [0.25, 0.3) is 5.91 Å². The summed E-state index contributed by atoms with van der Waals surface area (Å²) in [7, 11) is 1.65. The molecule has 3 amide bonds. The van der Waals surface area contributed by atoms with Crippen LogP contribution in [0.15, 0.2) is 53.1 Å². The highest BCUT2D eigenvalue weighted by Crippen LogP contribution is 2.30. The lowest BCUT2D eigenvalue weighted by molar-refractivity contribution is -0.126. The van der Waals surface area contributed by atoms with Crippen molar-refractivity contribution in [2.24, 2.45) is 10.9 Å². The highest BCUT2D eigenvalue weighted by atomic mass is 16.2. The maximum atomic E-state index is 12.3. The third kappa shape index (κ3) is 5.60. The largest absolute Gasteiger partial charge is 0.324 e. The van der Waals surface area contributed by atoms with E-state index in [0.717, 1.165) is 11.9 Å². The minimum atomic E-state index is -0.862. The summed E-state index contributed by atoms with van der Waals surface area (Å²) >= 11 is 0. The van der Waals surface area contributed by atoms with Gasteiger partial charge in [0, 0.05) is 13.6 Å². The van der Waals surface area contributed by atoms with Gasteiger partial charge >= 0.3 is 6.03 Å². The molecule has 0 bridgehead atoms. The molecule has 0 saturated carbocycles. The molecule has 0 radical (unpaired) electrons. The molecule has 0 aromatic carbocycles. The highest BCUT2D eigenvalue weighted by molar-refractivity contribution is 6.29. The first-order valence-corrected chi connectivity index (χ1v) is 9.85. The van der Waals surface area contributed by atoms with Crippen LogP contribution in [0.2, 0.25) is 0 Å². The molecule has 0 unspecified atom stereocenters. The second-order valence-corrected chi connectivity index (χ2v) is 7.57. The average molecular weight is 399 g/mol. The van der Waals surface area contributed by atoms with Crippen molar-refractivity contribution in [3.05, 3.63) is 48.1 Å². The summed E-state index contributed by atoms with van der Waals surface area (Å²) in [6, 6.07) is -0.359. The van der Waals surface area contributed by atoms with Crippen LogP contribution in [0.1, 0.15) is 33.6 Å². The fourth-order valence-corrected chi connectivity index (χ4v) is 3.20. The predicted octanol–water partition coefficient (Wildman–Crippen LogP) is 2.53. The monoisotopic (exact) mass is 398 g/mol. The summed E-state index contributed by atoms with van der Waals surface area (Å²) < 4.78 is 0. The molecule has 0 aromatic rings. The van der Waals surface area contributed by atoms with Crippen LogP contribution >= 0.6 is 0 Å². The Morgan fingerprint density at radius 2 is 2.03 bits per heavy atom. The number of amides is 3. The number of carbonyl (C=O) groups excluding carboxylic acids is 3. The lowest BCUT2D eigenvalue weighted by Gasteiger charge is -2.30. The molecule has 29 heavy (non-hydrogen) atoms. The van der Waals surface area contributed by atoms with Crippen LogP contribution in [0.4, 0.5) is 4.79 Å². The summed E-state index contributed by atoms with van der Waals surface area (Å²) in [5.74, 6) is -0.152. The van der Waals surface area contributed by atoms with E-state index in [1.54, 1.807) is 7.05 Å². The zero-order valence-corrected chi connectivity index (χ0v) is 17.5. The number of likely N-dealkylation sites (N-methyl/N-ethyl adjacent to an activating group) is 1. The average Bonchev–Trinajstić information content (AvgIpc) is 2.95. The standard InChI is InChI=1S/C22H30N4O3/c1-16(2)19(15-27)24-17(3)23-14-8-11-18-9-5-6-12-22(13-7-10-18)20(28)25-21(29)26(22)4/h5-11,15-17,23H,12-14H2,1-4H3,(H,25,28,29)/b6-5+,10-7+,11-8+,18-9+,24-19+/t17-,22+/m1/s1. The van der Waals surface area contributed by atoms with Gasteiger partial charge in [-0.15, -0.1) is 0 Å². The summed E-state index contributed by atoms with van der Waals surface area (Å²) in [6.07, 6.45) is 15.2. The molecule has 2 atom stereocenters. The van der Waals surface area contributed by atoms with Crippen LogP contribution in [0, 0.1) is 5.92 Å². The van der Waals surface area contributed by atoms with E-state index in [1.807, 2.05) is 63.3 Å². The van der Waals surface area contributed by atoms with Crippen molar-refractivity contribution in [1.82, 2.24) is 15.5 Å². The first-order chi connectivity index (χ1) is 13.8. The van der Waals surface area contributed by atoms with Gasteiger partial charge in [0.1, 0.15) is 5.54 Å². The fourth-order valence-electron chi connectivity index (χ4n) is 3.20. The third-order valence-corrected chi connectivity index (χ3v) is 5.13. The molecule has 7 heteroatoms. The first kappa shape index (κ1) is 22.5. The smallest absolute Gasteiger partial charge is 0.312 e. The maximum Gasteiger partial charge on any atom is 0.324 e. The number of carbonyl (C=O) groups is 3. The van der Waals surface area contributed by atoms with Crippen molar-refractivity contribution in [2.75, 3.05) is 13.6 Å². The number of imide groups is 1. The Bertz CT molecular complexity index is 792. The van der Waals surface area contributed by atoms with E-state index in [1.165, 1.54) is 4.90 Å². The molecule has 1 saturated heterocycles. The minimum Gasteiger partial charge on any atom is -0.312 e. The van der Waals surface area contributed by atoms with Crippen molar-refractivity contribution < 1.29 is 14.4 Å². The van der Waals surface area contributed by atoms with E-state index in [4.69, 9.17) is 0 Å². The zero-order chi connectivity index (χ0) is 21.4. The quantitative estimate of drug-likeness (QED) is 0.392. The molecule has 2 N–H and O–H groups in total. The second-order valence-electron chi connectivity index (χ2n) is 7.57. The minimum absolute atomic E-state index is 0.104. The van der Waals surface area contributed by atoms with Crippen LogP contribution in [0.5, 0.6) is 0 Å². The normalized spacial score (nSPS) is 28.0. The number of nitrogens with zero attached hydrogens (tertiary/aromatic N) is 2. The molecule has 1 heterocycles. The Balaban J connectivity index is 1.96.